The van der Waals surface area contributed by atoms with E-state index >= 15 is 0 Å². The van der Waals surface area contributed by atoms with Crippen LogP contribution in [0.25, 0.3) is 0 Å². The third-order valence-electron chi connectivity index (χ3n) is 4.87. The number of nitrogens with one attached hydrogen (secondary N) is 1. The van der Waals surface area contributed by atoms with Crippen LogP contribution < -0.4 is 5.32 Å². The molecule has 8 heteroatoms. The Bertz CT molecular complexity index is 905. The highest BCUT2D eigenvalue weighted by molar-refractivity contribution is 7.86. The SMILES string of the molecule is O=C(CN1CCCN(Cc2ccc(Cl)cc2)S1(=O)=O)NCCCc1ccccc1. The number of rotatable bonds is 8. The van der Waals surface area contributed by atoms with E-state index in [1.165, 1.54) is 14.2 Å². The summed E-state index contributed by atoms with van der Waals surface area (Å²) in [6, 6.07) is 17.2. The Kier molecular flexibility index (Phi) is 7.66. The average molecular weight is 436 g/mol. The highest BCUT2D eigenvalue weighted by Gasteiger charge is 2.34. The van der Waals surface area contributed by atoms with Gasteiger partial charge in [-0.2, -0.15) is 17.0 Å². The largest absolute Gasteiger partial charge is 0.355 e. The zero-order valence-electron chi connectivity index (χ0n) is 16.3. The third kappa shape index (κ3) is 6.27. The van der Waals surface area contributed by atoms with E-state index in [4.69, 9.17) is 11.6 Å². The van der Waals surface area contributed by atoms with Gasteiger partial charge < -0.3 is 5.32 Å². The number of hydrogen-bond acceptors (Lipinski definition) is 3. The first kappa shape index (κ1) is 21.8. The summed E-state index contributed by atoms with van der Waals surface area (Å²) >= 11 is 5.89. The van der Waals surface area contributed by atoms with Gasteiger partial charge >= 0.3 is 0 Å². The van der Waals surface area contributed by atoms with E-state index in [9.17, 15) is 13.2 Å². The van der Waals surface area contributed by atoms with Crippen molar-refractivity contribution >= 4 is 27.7 Å². The van der Waals surface area contributed by atoms with Crippen LogP contribution in [0, 0.1) is 0 Å². The van der Waals surface area contributed by atoms with Crippen LogP contribution in [-0.2, 0) is 28.0 Å². The standard InChI is InChI=1S/C21H26ClN3O3S/c22-20-11-9-19(10-12-20)16-24-14-5-15-25(29(24,27)28)17-21(26)23-13-4-8-18-6-2-1-3-7-18/h1-3,6-7,9-12H,4-5,8,13-17H2,(H,23,26). The van der Waals surface area contributed by atoms with Crippen molar-refractivity contribution in [2.24, 2.45) is 0 Å². The van der Waals surface area contributed by atoms with Crippen molar-refractivity contribution in [2.45, 2.75) is 25.8 Å². The molecule has 0 aliphatic carbocycles. The molecule has 156 valence electrons. The molecular formula is C21H26ClN3O3S. The van der Waals surface area contributed by atoms with Gasteiger partial charge in [0, 0.05) is 31.2 Å². The molecule has 2 aromatic carbocycles. The number of carbonyl (C=O) groups excluding carboxylic acids is 1. The molecule has 0 spiro atoms. The Morgan fingerprint density at radius 1 is 0.966 bits per heavy atom. The van der Waals surface area contributed by atoms with Gasteiger partial charge in [0.2, 0.25) is 5.91 Å². The minimum Gasteiger partial charge on any atom is -0.355 e. The van der Waals surface area contributed by atoms with Gasteiger partial charge in [-0.1, -0.05) is 54.1 Å². The van der Waals surface area contributed by atoms with E-state index in [0.717, 1.165) is 18.4 Å². The first-order chi connectivity index (χ1) is 13.9. The second-order valence-electron chi connectivity index (χ2n) is 7.09. The predicted octanol–water partition coefficient (Wildman–Crippen LogP) is 2.84. The van der Waals surface area contributed by atoms with Crippen LogP contribution in [0.2, 0.25) is 5.02 Å². The van der Waals surface area contributed by atoms with Gasteiger partial charge in [-0.3, -0.25) is 4.79 Å². The van der Waals surface area contributed by atoms with Gasteiger partial charge in [0.15, 0.2) is 0 Å². The van der Waals surface area contributed by atoms with Crippen molar-refractivity contribution in [1.29, 1.82) is 0 Å². The number of benzene rings is 2. The van der Waals surface area contributed by atoms with Crippen molar-refractivity contribution in [1.82, 2.24) is 13.9 Å². The maximum Gasteiger partial charge on any atom is 0.282 e. The summed E-state index contributed by atoms with van der Waals surface area (Å²) in [6.07, 6.45) is 2.37. The summed E-state index contributed by atoms with van der Waals surface area (Å²) in [5, 5.41) is 3.44. The molecule has 1 N–H and O–H groups in total. The fourth-order valence-electron chi connectivity index (χ4n) is 3.31. The molecule has 0 unspecified atom stereocenters. The molecule has 6 nitrogen and oxygen atoms in total. The zero-order chi connectivity index (χ0) is 20.7. The maximum atomic E-state index is 12.9. The molecule has 0 atom stereocenters. The summed E-state index contributed by atoms with van der Waals surface area (Å²) in [7, 11) is -3.67. The van der Waals surface area contributed by atoms with Crippen LogP contribution >= 0.6 is 11.6 Å². The highest BCUT2D eigenvalue weighted by atomic mass is 35.5. The Morgan fingerprint density at radius 3 is 2.38 bits per heavy atom. The fraction of sp³-hybridized carbons (Fsp3) is 0.381. The fourth-order valence-corrected chi connectivity index (χ4v) is 5.08. The number of carbonyl (C=O) groups is 1. The van der Waals surface area contributed by atoms with Gasteiger partial charge in [-0.05, 0) is 42.5 Å². The van der Waals surface area contributed by atoms with Gasteiger partial charge in [-0.15, -0.1) is 0 Å². The second-order valence-corrected chi connectivity index (χ2v) is 9.46. The van der Waals surface area contributed by atoms with Crippen molar-refractivity contribution < 1.29 is 13.2 Å². The lowest BCUT2D eigenvalue weighted by Crippen LogP contribution is -2.52. The second kappa shape index (κ2) is 10.2. The van der Waals surface area contributed by atoms with Gasteiger partial charge in [0.25, 0.3) is 10.2 Å². The Hall–Kier alpha value is -1.93. The molecule has 2 aromatic rings. The summed E-state index contributed by atoms with van der Waals surface area (Å²) in [4.78, 5) is 12.3. The van der Waals surface area contributed by atoms with E-state index in [1.807, 2.05) is 30.3 Å². The number of hydrogen-bond donors (Lipinski definition) is 1. The molecule has 1 aliphatic rings. The van der Waals surface area contributed by atoms with E-state index in [2.05, 4.69) is 17.4 Å². The monoisotopic (exact) mass is 435 g/mol. The quantitative estimate of drug-likeness (QED) is 0.648. The van der Waals surface area contributed by atoms with Gasteiger partial charge in [-0.25, -0.2) is 0 Å². The summed E-state index contributed by atoms with van der Waals surface area (Å²) in [6.45, 7) is 1.45. The highest BCUT2D eigenvalue weighted by Crippen LogP contribution is 2.20. The van der Waals surface area contributed by atoms with Crippen LogP contribution in [0.4, 0.5) is 0 Å². The van der Waals surface area contributed by atoms with Crippen molar-refractivity contribution in [3.05, 3.63) is 70.7 Å². The minimum atomic E-state index is -3.67. The number of nitrogens with zero attached hydrogens (tertiary/aromatic N) is 2. The van der Waals surface area contributed by atoms with Gasteiger partial charge in [0.1, 0.15) is 0 Å². The normalized spacial score (nSPS) is 17.1. The molecule has 29 heavy (non-hydrogen) atoms. The van der Waals surface area contributed by atoms with Crippen molar-refractivity contribution in [3.8, 4) is 0 Å². The molecular weight excluding hydrogens is 410 g/mol. The maximum absolute atomic E-state index is 12.9. The number of aryl methyl sites for hydroxylation is 1. The molecule has 0 radical (unpaired) electrons. The Labute approximate surface area is 177 Å². The summed E-state index contributed by atoms with van der Waals surface area (Å²) < 4.78 is 28.4. The zero-order valence-corrected chi connectivity index (χ0v) is 17.8. The van der Waals surface area contributed by atoms with Crippen molar-refractivity contribution in [3.63, 3.8) is 0 Å². The predicted molar refractivity (Wildman–Crippen MR) is 115 cm³/mol. The molecule has 1 aliphatic heterocycles. The lowest BCUT2D eigenvalue weighted by atomic mass is 10.1. The van der Waals surface area contributed by atoms with Crippen LogP contribution in [0.1, 0.15) is 24.0 Å². The molecule has 3 rings (SSSR count). The minimum absolute atomic E-state index is 0.148. The van der Waals surface area contributed by atoms with Crippen LogP contribution in [-0.4, -0.2) is 49.1 Å². The number of amides is 1. The molecule has 1 fully saturated rings. The summed E-state index contributed by atoms with van der Waals surface area (Å²) in [5.74, 6) is -0.269. The van der Waals surface area contributed by atoms with Crippen molar-refractivity contribution in [2.75, 3.05) is 26.2 Å². The smallest absolute Gasteiger partial charge is 0.282 e. The molecule has 0 saturated carbocycles. The Balaban J connectivity index is 1.49. The number of halogens is 1. The topological polar surface area (TPSA) is 69.7 Å². The Morgan fingerprint density at radius 2 is 1.66 bits per heavy atom. The van der Waals surface area contributed by atoms with Crippen LogP contribution in [0.5, 0.6) is 0 Å². The third-order valence-corrected chi connectivity index (χ3v) is 7.05. The first-order valence-corrected chi connectivity index (χ1v) is 11.5. The molecule has 1 amide bonds. The van der Waals surface area contributed by atoms with E-state index in [-0.39, 0.29) is 19.0 Å². The first-order valence-electron chi connectivity index (χ1n) is 9.75. The van der Waals surface area contributed by atoms with Crippen LogP contribution in [0.15, 0.2) is 54.6 Å². The molecule has 0 aromatic heterocycles. The van der Waals surface area contributed by atoms with E-state index in [0.29, 0.717) is 31.1 Å². The molecule has 1 saturated heterocycles. The van der Waals surface area contributed by atoms with Gasteiger partial charge in [0.05, 0.1) is 6.54 Å². The van der Waals surface area contributed by atoms with E-state index < -0.39 is 10.2 Å². The molecule has 1 heterocycles. The lowest BCUT2D eigenvalue weighted by molar-refractivity contribution is -0.121. The molecule has 0 bridgehead atoms. The van der Waals surface area contributed by atoms with E-state index in [1.54, 1.807) is 12.1 Å². The lowest BCUT2D eigenvalue weighted by Gasteiger charge is -2.34. The van der Waals surface area contributed by atoms with Crippen LogP contribution in [0.3, 0.4) is 0 Å². The average Bonchev–Trinajstić information content (AvgIpc) is 2.71. The summed E-state index contributed by atoms with van der Waals surface area (Å²) in [5.41, 5.74) is 2.09.